The van der Waals surface area contributed by atoms with Crippen molar-refractivity contribution in [3.8, 4) is 0 Å². The lowest BCUT2D eigenvalue weighted by Crippen LogP contribution is -2.37. The van der Waals surface area contributed by atoms with E-state index in [0.717, 1.165) is 10.9 Å². The molecule has 0 aliphatic carbocycles. The van der Waals surface area contributed by atoms with E-state index in [-0.39, 0.29) is 23.0 Å². The fourth-order valence-corrected chi connectivity index (χ4v) is 3.75. The summed E-state index contributed by atoms with van der Waals surface area (Å²) in [4.78, 5) is 40.9. The number of nitrogens with two attached hydrogens (primary N) is 1. The maximum absolute atomic E-state index is 15.6. The van der Waals surface area contributed by atoms with Gasteiger partial charge in [-0.05, 0) is 24.3 Å². The molecule has 35 heavy (non-hydrogen) atoms. The van der Waals surface area contributed by atoms with Crippen molar-refractivity contribution in [2.45, 2.75) is 24.6 Å². The van der Waals surface area contributed by atoms with Gasteiger partial charge in [-0.2, -0.15) is 0 Å². The molecule has 182 valence electrons. The summed E-state index contributed by atoms with van der Waals surface area (Å²) in [7, 11) is 0. The zero-order chi connectivity index (χ0) is 24.9. The van der Waals surface area contributed by atoms with Gasteiger partial charge in [-0.15, -0.1) is 11.6 Å². The third-order valence-electron chi connectivity index (χ3n) is 5.40. The first kappa shape index (κ1) is 24.4. The highest BCUT2D eigenvalue weighted by Gasteiger charge is 2.50. The van der Waals surface area contributed by atoms with Gasteiger partial charge in [0.2, 0.25) is 0 Å². The van der Waals surface area contributed by atoms with Gasteiger partial charge in [0.1, 0.15) is 24.2 Å². The number of ketones is 1. The predicted octanol–water partition coefficient (Wildman–Crippen LogP) is 3.20. The number of ether oxygens (including phenoxy) is 3. The molecular formula is C24H21ClFN3O6. The zero-order valence-electron chi connectivity index (χ0n) is 18.3. The van der Waals surface area contributed by atoms with E-state index >= 15 is 4.39 Å². The van der Waals surface area contributed by atoms with Crippen molar-refractivity contribution in [1.82, 2.24) is 9.55 Å². The average molecular weight is 502 g/mol. The predicted molar refractivity (Wildman–Crippen MR) is 123 cm³/mol. The molecule has 2 aromatic carbocycles. The van der Waals surface area contributed by atoms with Crippen LogP contribution >= 0.6 is 11.6 Å². The SMILES string of the molecule is Nc1c(C(=O)CCl)ncn1[C@@H]1O[C@H](COC(=O)c2ccccc2)[C@@H](OC(=O)c2ccccc2)[C@@H]1F. The second kappa shape index (κ2) is 10.7. The van der Waals surface area contributed by atoms with Gasteiger partial charge in [-0.3, -0.25) is 9.36 Å². The minimum Gasteiger partial charge on any atom is -0.459 e. The van der Waals surface area contributed by atoms with E-state index in [0.29, 0.717) is 5.56 Å². The van der Waals surface area contributed by atoms with Crippen LogP contribution in [0.2, 0.25) is 0 Å². The lowest BCUT2D eigenvalue weighted by Gasteiger charge is -2.19. The van der Waals surface area contributed by atoms with Crippen LogP contribution < -0.4 is 5.73 Å². The Morgan fingerprint density at radius 1 is 1.03 bits per heavy atom. The number of anilines is 1. The van der Waals surface area contributed by atoms with Crippen molar-refractivity contribution < 1.29 is 33.0 Å². The number of esters is 2. The van der Waals surface area contributed by atoms with E-state index in [1.165, 1.54) is 12.1 Å². The number of carbonyl (C=O) groups excluding carboxylic acids is 3. The Bertz CT molecular complexity index is 1210. The van der Waals surface area contributed by atoms with Crippen LogP contribution in [-0.2, 0) is 14.2 Å². The molecule has 2 heterocycles. The molecule has 1 aromatic heterocycles. The summed E-state index contributed by atoms with van der Waals surface area (Å²) in [5, 5.41) is 0. The number of hydrogen-bond acceptors (Lipinski definition) is 8. The van der Waals surface area contributed by atoms with Crippen LogP contribution in [0.3, 0.4) is 0 Å². The Kier molecular flexibility index (Phi) is 7.42. The van der Waals surface area contributed by atoms with E-state index in [9.17, 15) is 14.4 Å². The molecular weight excluding hydrogens is 481 g/mol. The molecule has 4 rings (SSSR count). The standard InChI is InChI=1S/C24H21ClFN3O6/c25-11-16(30)19-21(27)29(13-28-19)22-18(26)20(35-24(32)15-9-5-2-6-10-15)17(34-22)12-33-23(31)14-7-3-1-4-8-14/h1-10,13,17-18,20,22H,11-12,27H2/t17-,18+,20-,22-/m1/s1. The summed E-state index contributed by atoms with van der Waals surface area (Å²) in [5.74, 6) is -2.49. The Morgan fingerprint density at radius 2 is 1.63 bits per heavy atom. The molecule has 0 spiro atoms. The quantitative estimate of drug-likeness (QED) is 0.283. The highest BCUT2D eigenvalue weighted by atomic mass is 35.5. The largest absolute Gasteiger partial charge is 0.459 e. The van der Waals surface area contributed by atoms with Crippen LogP contribution in [0.5, 0.6) is 0 Å². The Hall–Kier alpha value is -3.76. The van der Waals surface area contributed by atoms with Gasteiger partial charge in [0.05, 0.1) is 23.3 Å². The van der Waals surface area contributed by atoms with Crippen LogP contribution in [0.4, 0.5) is 10.2 Å². The van der Waals surface area contributed by atoms with E-state index in [1.54, 1.807) is 48.5 Å². The van der Waals surface area contributed by atoms with Crippen LogP contribution in [0.25, 0.3) is 0 Å². The number of aromatic nitrogens is 2. The van der Waals surface area contributed by atoms with Crippen molar-refractivity contribution in [2.24, 2.45) is 0 Å². The number of benzene rings is 2. The maximum Gasteiger partial charge on any atom is 0.338 e. The number of nitrogen functional groups attached to an aromatic ring is 1. The molecule has 1 aliphatic heterocycles. The number of alkyl halides is 2. The van der Waals surface area contributed by atoms with E-state index in [2.05, 4.69) is 4.98 Å². The van der Waals surface area contributed by atoms with Gasteiger partial charge < -0.3 is 19.9 Å². The highest BCUT2D eigenvalue weighted by Crippen LogP contribution is 2.36. The molecule has 0 bridgehead atoms. The normalized spacial score (nSPS) is 21.4. The number of carbonyl (C=O) groups is 3. The first-order valence-electron chi connectivity index (χ1n) is 10.6. The van der Waals surface area contributed by atoms with Crippen LogP contribution in [0.15, 0.2) is 67.0 Å². The summed E-state index contributed by atoms with van der Waals surface area (Å²) in [6, 6.07) is 16.2. The summed E-state index contributed by atoms with van der Waals surface area (Å²) in [6.45, 7) is -0.403. The van der Waals surface area contributed by atoms with Gasteiger partial charge in [0, 0.05) is 0 Å². The van der Waals surface area contributed by atoms with Gasteiger partial charge in [-0.25, -0.2) is 19.0 Å². The van der Waals surface area contributed by atoms with Crippen LogP contribution in [-0.4, -0.2) is 58.1 Å². The first-order valence-corrected chi connectivity index (χ1v) is 11.1. The molecule has 3 aromatic rings. The van der Waals surface area contributed by atoms with Gasteiger partial charge in [0.25, 0.3) is 0 Å². The Labute approximate surface area is 204 Å². The molecule has 4 atom stereocenters. The van der Waals surface area contributed by atoms with E-state index < -0.39 is 48.9 Å². The number of imidazole rings is 1. The van der Waals surface area contributed by atoms with E-state index in [1.807, 2.05) is 0 Å². The van der Waals surface area contributed by atoms with Crippen molar-refractivity contribution in [2.75, 3.05) is 18.2 Å². The number of nitrogens with zero attached hydrogens (tertiary/aromatic N) is 2. The molecule has 11 heteroatoms. The third kappa shape index (κ3) is 5.18. The summed E-state index contributed by atoms with van der Waals surface area (Å²) < 4.78 is 33.3. The van der Waals surface area contributed by atoms with Crippen molar-refractivity contribution in [3.63, 3.8) is 0 Å². The second-order valence-electron chi connectivity index (χ2n) is 7.65. The molecule has 0 saturated carbocycles. The van der Waals surface area contributed by atoms with Crippen LogP contribution in [0.1, 0.15) is 37.4 Å². The lowest BCUT2D eigenvalue weighted by molar-refractivity contribution is -0.0574. The van der Waals surface area contributed by atoms with E-state index in [4.69, 9.17) is 31.5 Å². The maximum atomic E-state index is 15.6. The number of hydrogen-bond donors (Lipinski definition) is 1. The molecule has 2 N–H and O–H groups in total. The lowest BCUT2D eigenvalue weighted by atomic mass is 10.1. The number of rotatable bonds is 8. The summed E-state index contributed by atoms with van der Waals surface area (Å²) >= 11 is 5.57. The minimum absolute atomic E-state index is 0.132. The molecule has 0 amide bonds. The summed E-state index contributed by atoms with van der Waals surface area (Å²) in [5.41, 5.74) is 6.35. The van der Waals surface area contributed by atoms with Gasteiger partial charge in [-0.1, -0.05) is 36.4 Å². The van der Waals surface area contributed by atoms with Gasteiger partial charge in [0.15, 0.2) is 24.3 Å². The monoisotopic (exact) mass is 501 g/mol. The molecule has 0 unspecified atom stereocenters. The Morgan fingerprint density at radius 3 is 2.23 bits per heavy atom. The van der Waals surface area contributed by atoms with Crippen LogP contribution in [0, 0.1) is 0 Å². The minimum atomic E-state index is -1.92. The van der Waals surface area contributed by atoms with Crippen molar-refractivity contribution >= 4 is 35.1 Å². The fraction of sp³-hybridized carbons (Fsp3) is 0.250. The Balaban J connectivity index is 1.56. The smallest absolute Gasteiger partial charge is 0.338 e. The third-order valence-corrected chi connectivity index (χ3v) is 5.64. The molecule has 1 saturated heterocycles. The molecule has 1 aliphatic rings. The highest BCUT2D eigenvalue weighted by molar-refractivity contribution is 6.30. The zero-order valence-corrected chi connectivity index (χ0v) is 19.0. The second-order valence-corrected chi connectivity index (χ2v) is 7.92. The first-order chi connectivity index (χ1) is 16.9. The van der Waals surface area contributed by atoms with Gasteiger partial charge >= 0.3 is 11.9 Å². The van der Waals surface area contributed by atoms with Crippen molar-refractivity contribution in [1.29, 1.82) is 0 Å². The summed E-state index contributed by atoms with van der Waals surface area (Å²) in [6.07, 6.45) is -4.78. The molecule has 1 fully saturated rings. The molecule has 0 radical (unpaired) electrons. The topological polar surface area (TPSA) is 123 Å². The fourth-order valence-electron chi connectivity index (χ4n) is 3.63. The number of Topliss-reactive ketones (excluding diaryl/α,β-unsaturated/α-hetero) is 1. The average Bonchev–Trinajstić information content (AvgIpc) is 3.42. The molecule has 9 nitrogen and oxygen atoms in total. The number of halogens is 2. The van der Waals surface area contributed by atoms with Crippen molar-refractivity contribution in [3.05, 3.63) is 83.8 Å².